The third-order valence-corrected chi connectivity index (χ3v) is 6.38. The average molecular weight is 399 g/mol. The lowest BCUT2D eigenvalue weighted by molar-refractivity contribution is -0.0542. The highest BCUT2D eigenvalue weighted by molar-refractivity contribution is 7.88. The predicted octanol–water partition coefficient (Wildman–Crippen LogP) is 2.26. The fourth-order valence-electron chi connectivity index (χ4n) is 3.50. The number of hydrogen-bond acceptors (Lipinski definition) is 4. The van der Waals surface area contributed by atoms with E-state index < -0.39 is 10.0 Å². The van der Waals surface area contributed by atoms with Crippen molar-refractivity contribution >= 4 is 21.7 Å². The number of amides is 2. The summed E-state index contributed by atoms with van der Waals surface area (Å²) < 4.78 is 43.7. The highest BCUT2D eigenvalue weighted by Crippen LogP contribution is 2.22. The quantitative estimate of drug-likeness (QED) is 0.842. The number of hydrogen-bond donors (Lipinski definition) is 1. The molecule has 2 amide bonds. The van der Waals surface area contributed by atoms with Crippen molar-refractivity contribution in [1.82, 2.24) is 9.21 Å². The molecule has 150 valence electrons. The summed E-state index contributed by atoms with van der Waals surface area (Å²) in [5.41, 5.74) is 0.567. The first-order valence-electron chi connectivity index (χ1n) is 9.23. The number of benzene rings is 1. The van der Waals surface area contributed by atoms with Crippen molar-refractivity contribution in [3.63, 3.8) is 0 Å². The zero-order valence-electron chi connectivity index (χ0n) is 15.4. The molecule has 1 aromatic carbocycles. The highest BCUT2D eigenvalue weighted by atomic mass is 32.2. The smallest absolute Gasteiger partial charge is 0.321 e. The number of anilines is 1. The summed E-state index contributed by atoms with van der Waals surface area (Å²) in [6.45, 7) is 2.20. The second-order valence-electron chi connectivity index (χ2n) is 7.12. The summed E-state index contributed by atoms with van der Waals surface area (Å²) in [6, 6.07) is 5.49. The highest BCUT2D eigenvalue weighted by Gasteiger charge is 2.29. The number of sulfonamides is 1. The van der Waals surface area contributed by atoms with Gasteiger partial charge in [0.1, 0.15) is 5.82 Å². The van der Waals surface area contributed by atoms with Gasteiger partial charge in [-0.2, -0.15) is 0 Å². The Labute approximate surface area is 159 Å². The van der Waals surface area contributed by atoms with Gasteiger partial charge in [0.2, 0.25) is 10.0 Å². The maximum absolute atomic E-state index is 12.9. The van der Waals surface area contributed by atoms with E-state index >= 15 is 0 Å². The molecule has 0 unspecified atom stereocenters. The van der Waals surface area contributed by atoms with Gasteiger partial charge < -0.3 is 15.0 Å². The molecule has 2 fully saturated rings. The maximum atomic E-state index is 12.9. The molecule has 1 aromatic rings. The molecule has 0 aromatic heterocycles. The van der Waals surface area contributed by atoms with Gasteiger partial charge in [-0.25, -0.2) is 21.9 Å². The van der Waals surface area contributed by atoms with E-state index in [4.69, 9.17) is 4.74 Å². The standard InChI is InChI=1S/C18H26FN3O4S/c1-27(24,25)22-12-8-17(9-13-22)26-16-6-10-21(11-7-16)18(23)20-15-4-2-14(19)3-5-15/h2-5,16-17H,6-13H2,1H3,(H,20,23). The number of piperidine rings is 2. The second-order valence-corrected chi connectivity index (χ2v) is 9.10. The number of urea groups is 1. The number of nitrogens with one attached hydrogen (secondary N) is 1. The number of carbonyl (C=O) groups excluding carboxylic acids is 1. The van der Waals surface area contributed by atoms with Crippen LogP contribution < -0.4 is 5.32 Å². The molecule has 2 aliphatic heterocycles. The van der Waals surface area contributed by atoms with Gasteiger partial charge in [-0.3, -0.25) is 0 Å². The zero-order chi connectivity index (χ0) is 19.4. The molecule has 7 nitrogen and oxygen atoms in total. The van der Waals surface area contributed by atoms with Gasteiger partial charge in [0, 0.05) is 31.9 Å². The third kappa shape index (κ3) is 5.63. The van der Waals surface area contributed by atoms with Crippen LogP contribution in [0, 0.1) is 5.82 Å². The Kier molecular flexibility index (Phi) is 6.33. The van der Waals surface area contributed by atoms with Gasteiger partial charge in [-0.05, 0) is 49.9 Å². The first kappa shape index (κ1) is 20.0. The molecule has 0 radical (unpaired) electrons. The molecule has 2 aliphatic rings. The molecular weight excluding hydrogens is 373 g/mol. The number of halogens is 1. The Hall–Kier alpha value is -1.71. The fraction of sp³-hybridized carbons (Fsp3) is 0.611. The van der Waals surface area contributed by atoms with Crippen molar-refractivity contribution in [3.8, 4) is 0 Å². The van der Waals surface area contributed by atoms with Gasteiger partial charge >= 0.3 is 6.03 Å². The van der Waals surface area contributed by atoms with E-state index in [0.717, 1.165) is 12.8 Å². The molecule has 9 heteroatoms. The number of ether oxygens (including phenoxy) is 1. The van der Waals surface area contributed by atoms with E-state index in [0.29, 0.717) is 44.7 Å². The van der Waals surface area contributed by atoms with Crippen LogP contribution in [0.2, 0.25) is 0 Å². The number of rotatable bonds is 4. The molecule has 2 saturated heterocycles. The molecule has 0 saturated carbocycles. The molecular formula is C18H26FN3O4S. The summed E-state index contributed by atoms with van der Waals surface area (Å²) in [7, 11) is -3.12. The predicted molar refractivity (Wildman–Crippen MR) is 101 cm³/mol. The lowest BCUT2D eigenvalue weighted by Crippen LogP contribution is -2.45. The van der Waals surface area contributed by atoms with E-state index in [2.05, 4.69) is 5.32 Å². The van der Waals surface area contributed by atoms with Crippen molar-refractivity contribution in [2.24, 2.45) is 0 Å². The first-order chi connectivity index (χ1) is 12.8. The maximum Gasteiger partial charge on any atom is 0.321 e. The van der Waals surface area contributed by atoms with Gasteiger partial charge in [0.05, 0.1) is 18.5 Å². The molecule has 0 aliphatic carbocycles. The zero-order valence-corrected chi connectivity index (χ0v) is 16.3. The Morgan fingerprint density at radius 3 is 2.07 bits per heavy atom. The molecule has 27 heavy (non-hydrogen) atoms. The van der Waals surface area contributed by atoms with Crippen molar-refractivity contribution in [3.05, 3.63) is 30.1 Å². The van der Waals surface area contributed by atoms with Crippen LogP contribution in [0.3, 0.4) is 0 Å². The molecule has 0 bridgehead atoms. The van der Waals surface area contributed by atoms with Crippen molar-refractivity contribution in [2.75, 3.05) is 37.8 Å². The van der Waals surface area contributed by atoms with Crippen LogP contribution >= 0.6 is 0 Å². The minimum absolute atomic E-state index is 0.0765. The summed E-state index contributed by atoms with van der Waals surface area (Å²) in [5.74, 6) is -0.340. The Bertz CT molecular complexity index is 740. The lowest BCUT2D eigenvalue weighted by atomic mass is 10.1. The van der Waals surface area contributed by atoms with E-state index in [1.807, 2.05) is 0 Å². The van der Waals surface area contributed by atoms with E-state index in [-0.39, 0.29) is 24.1 Å². The second kappa shape index (κ2) is 8.53. The lowest BCUT2D eigenvalue weighted by Gasteiger charge is -2.36. The Morgan fingerprint density at radius 2 is 1.56 bits per heavy atom. The van der Waals surface area contributed by atoms with Crippen LogP contribution in [0.15, 0.2) is 24.3 Å². The summed E-state index contributed by atoms with van der Waals surface area (Å²) in [6.07, 6.45) is 4.33. The minimum Gasteiger partial charge on any atom is -0.375 e. The normalized spacial score (nSPS) is 20.6. The third-order valence-electron chi connectivity index (χ3n) is 5.08. The minimum atomic E-state index is -3.12. The Balaban J connectivity index is 1.40. The van der Waals surface area contributed by atoms with Gasteiger partial charge in [0.15, 0.2) is 0 Å². The average Bonchev–Trinajstić information content (AvgIpc) is 2.64. The van der Waals surface area contributed by atoms with E-state index in [1.54, 1.807) is 4.90 Å². The summed E-state index contributed by atoms with van der Waals surface area (Å²) >= 11 is 0. The molecule has 0 spiro atoms. The number of carbonyl (C=O) groups is 1. The summed E-state index contributed by atoms with van der Waals surface area (Å²) in [4.78, 5) is 14.0. The van der Waals surface area contributed by atoms with Crippen LogP contribution in [0.5, 0.6) is 0 Å². The monoisotopic (exact) mass is 399 g/mol. The van der Waals surface area contributed by atoms with Gasteiger partial charge in [0.25, 0.3) is 0 Å². The van der Waals surface area contributed by atoms with Crippen LogP contribution in [0.4, 0.5) is 14.9 Å². The largest absolute Gasteiger partial charge is 0.375 e. The van der Waals surface area contributed by atoms with E-state index in [9.17, 15) is 17.6 Å². The summed E-state index contributed by atoms with van der Waals surface area (Å²) in [5, 5.41) is 2.77. The van der Waals surface area contributed by atoms with Crippen LogP contribution in [0.1, 0.15) is 25.7 Å². The molecule has 1 N–H and O–H groups in total. The molecule has 0 atom stereocenters. The van der Waals surface area contributed by atoms with Gasteiger partial charge in [-0.15, -0.1) is 0 Å². The first-order valence-corrected chi connectivity index (χ1v) is 11.1. The Morgan fingerprint density at radius 1 is 1.04 bits per heavy atom. The van der Waals surface area contributed by atoms with E-state index in [1.165, 1.54) is 34.8 Å². The number of likely N-dealkylation sites (tertiary alicyclic amines) is 1. The number of nitrogens with zero attached hydrogens (tertiary/aromatic N) is 2. The SMILES string of the molecule is CS(=O)(=O)N1CCC(OC2CCN(C(=O)Nc3ccc(F)cc3)CC2)CC1. The topological polar surface area (TPSA) is 79.0 Å². The molecule has 3 rings (SSSR count). The van der Waals surface area contributed by atoms with Crippen molar-refractivity contribution in [2.45, 2.75) is 37.9 Å². The van der Waals surface area contributed by atoms with Crippen molar-refractivity contribution < 1.29 is 22.3 Å². The van der Waals surface area contributed by atoms with Crippen LogP contribution in [0.25, 0.3) is 0 Å². The van der Waals surface area contributed by atoms with Crippen LogP contribution in [-0.2, 0) is 14.8 Å². The fourth-order valence-corrected chi connectivity index (χ4v) is 4.38. The van der Waals surface area contributed by atoms with Crippen LogP contribution in [-0.4, -0.2) is 68.3 Å². The molecule has 2 heterocycles. The van der Waals surface area contributed by atoms with Crippen molar-refractivity contribution in [1.29, 1.82) is 0 Å². The van der Waals surface area contributed by atoms with Gasteiger partial charge in [-0.1, -0.05) is 0 Å².